The van der Waals surface area contributed by atoms with Gasteiger partial charge in [0.15, 0.2) is 6.29 Å². The Kier molecular flexibility index (Phi) is 2.97. The minimum atomic E-state index is -0.537. The standard InChI is InChI=1S/C12H8FN3O/c1-14-12-4-9(2-3-11(12)13)6-16-8-15-5-10(16)7-17/h2-5,7-8H,6H2. The third kappa shape index (κ3) is 2.21. The van der Waals surface area contributed by atoms with Crippen molar-refractivity contribution in [3.05, 3.63) is 59.2 Å². The molecule has 0 spiro atoms. The molecule has 0 bridgehead atoms. The second-order valence-electron chi connectivity index (χ2n) is 3.46. The van der Waals surface area contributed by atoms with Crippen molar-refractivity contribution in [2.45, 2.75) is 6.54 Å². The predicted octanol–water partition coefficient (Wildman–Crippen LogP) is 2.43. The number of hydrogen-bond donors (Lipinski definition) is 0. The summed E-state index contributed by atoms with van der Waals surface area (Å²) in [4.78, 5) is 17.6. The summed E-state index contributed by atoms with van der Waals surface area (Å²) in [6.07, 6.45) is 3.67. The number of halogens is 1. The minimum Gasteiger partial charge on any atom is -0.324 e. The van der Waals surface area contributed by atoms with Crippen molar-refractivity contribution in [2.24, 2.45) is 0 Å². The Labute approximate surface area is 97.2 Å². The molecule has 2 rings (SSSR count). The molecule has 0 saturated carbocycles. The summed E-state index contributed by atoms with van der Waals surface area (Å²) in [5.74, 6) is -0.537. The molecule has 4 nitrogen and oxygen atoms in total. The highest BCUT2D eigenvalue weighted by atomic mass is 19.1. The number of aldehydes is 1. The molecule has 1 aromatic heterocycles. The van der Waals surface area contributed by atoms with Crippen molar-refractivity contribution >= 4 is 12.0 Å². The highest BCUT2D eigenvalue weighted by Gasteiger charge is 2.05. The molecule has 5 heteroatoms. The van der Waals surface area contributed by atoms with Crippen LogP contribution < -0.4 is 0 Å². The third-order valence-electron chi connectivity index (χ3n) is 2.35. The van der Waals surface area contributed by atoms with E-state index in [0.29, 0.717) is 18.5 Å². The number of aromatic nitrogens is 2. The van der Waals surface area contributed by atoms with E-state index in [1.807, 2.05) is 0 Å². The number of rotatable bonds is 3. The normalized spacial score (nSPS) is 9.88. The molecule has 0 saturated heterocycles. The summed E-state index contributed by atoms with van der Waals surface area (Å²) in [6.45, 7) is 7.20. The molecule has 0 aliphatic heterocycles. The van der Waals surface area contributed by atoms with Crippen LogP contribution in [0.15, 0.2) is 30.7 Å². The second kappa shape index (κ2) is 4.58. The maximum Gasteiger partial charge on any atom is 0.222 e. The molecular formula is C12H8FN3O. The Morgan fingerprint density at radius 3 is 3.06 bits per heavy atom. The van der Waals surface area contributed by atoms with E-state index in [-0.39, 0.29) is 5.69 Å². The van der Waals surface area contributed by atoms with Crippen molar-refractivity contribution in [1.29, 1.82) is 0 Å². The lowest BCUT2D eigenvalue weighted by Gasteiger charge is -2.05. The Morgan fingerprint density at radius 1 is 1.53 bits per heavy atom. The number of benzene rings is 1. The molecule has 84 valence electrons. The van der Waals surface area contributed by atoms with Crippen molar-refractivity contribution in [3.8, 4) is 0 Å². The van der Waals surface area contributed by atoms with E-state index < -0.39 is 5.82 Å². The molecule has 2 aromatic rings. The third-order valence-corrected chi connectivity index (χ3v) is 2.35. The van der Waals surface area contributed by atoms with Crippen LogP contribution in [0.25, 0.3) is 4.85 Å². The predicted molar refractivity (Wildman–Crippen MR) is 59.4 cm³/mol. The van der Waals surface area contributed by atoms with Crippen molar-refractivity contribution < 1.29 is 9.18 Å². The van der Waals surface area contributed by atoms with E-state index >= 15 is 0 Å². The number of hydrogen-bond acceptors (Lipinski definition) is 2. The average Bonchev–Trinajstić information content (AvgIpc) is 2.79. The summed E-state index contributed by atoms with van der Waals surface area (Å²) in [5, 5.41) is 0. The van der Waals surface area contributed by atoms with Gasteiger partial charge in [0.05, 0.1) is 19.1 Å². The highest BCUT2D eigenvalue weighted by Crippen LogP contribution is 2.20. The Bertz CT molecular complexity index is 598. The van der Waals surface area contributed by atoms with E-state index in [4.69, 9.17) is 6.57 Å². The topological polar surface area (TPSA) is 39.2 Å². The smallest absolute Gasteiger partial charge is 0.222 e. The van der Waals surface area contributed by atoms with Gasteiger partial charge in [-0.25, -0.2) is 14.2 Å². The van der Waals surface area contributed by atoms with Crippen LogP contribution >= 0.6 is 0 Å². The first kappa shape index (κ1) is 11.0. The molecule has 1 aromatic carbocycles. The van der Waals surface area contributed by atoms with Gasteiger partial charge < -0.3 is 4.57 Å². The van der Waals surface area contributed by atoms with E-state index in [1.165, 1.54) is 24.7 Å². The second-order valence-corrected chi connectivity index (χ2v) is 3.46. The van der Waals surface area contributed by atoms with Gasteiger partial charge in [-0.3, -0.25) is 4.79 Å². The molecule has 0 fully saturated rings. The van der Waals surface area contributed by atoms with Gasteiger partial charge in [-0.15, -0.1) is 0 Å². The zero-order valence-electron chi connectivity index (χ0n) is 8.80. The van der Waals surface area contributed by atoms with Crippen LogP contribution in [0.2, 0.25) is 0 Å². The van der Waals surface area contributed by atoms with Crippen LogP contribution in [0.5, 0.6) is 0 Å². The van der Waals surface area contributed by atoms with Gasteiger partial charge in [-0.05, 0) is 17.7 Å². The molecule has 0 aliphatic carbocycles. The minimum absolute atomic E-state index is 0.0183. The average molecular weight is 229 g/mol. The quantitative estimate of drug-likeness (QED) is 0.599. The number of carbonyl (C=O) groups excluding carboxylic acids is 1. The Morgan fingerprint density at radius 2 is 2.35 bits per heavy atom. The molecular weight excluding hydrogens is 221 g/mol. The van der Waals surface area contributed by atoms with Crippen LogP contribution in [0.1, 0.15) is 16.1 Å². The van der Waals surface area contributed by atoms with Gasteiger partial charge in [-0.2, -0.15) is 0 Å². The van der Waals surface area contributed by atoms with Crippen molar-refractivity contribution in [2.75, 3.05) is 0 Å². The number of carbonyl (C=O) groups is 1. The van der Waals surface area contributed by atoms with Gasteiger partial charge in [0.1, 0.15) is 11.5 Å². The van der Waals surface area contributed by atoms with Crippen LogP contribution in [-0.4, -0.2) is 15.8 Å². The van der Waals surface area contributed by atoms with Gasteiger partial charge >= 0.3 is 0 Å². The number of imidazole rings is 1. The molecule has 1 heterocycles. The zero-order valence-corrected chi connectivity index (χ0v) is 8.80. The van der Waals surface area contributed by atoms with Crippen LogP contribution in [0.4, 0.5) is 10.1 Å². The largest absolute Gasteiger partial charge is 0.324 e. The molecule has 17 heavy (non-hydrogen) atoms. The van der Waals surface area contributed by atoms with Gasteiger partial charge in [0.25, 0.3) is 0 Å². The van der Waals surface area contributed by atoms with E-state index in [9.17, 15) is 9.18 Å². The monoisotopic (exact) mass is 229 g/mol. The van der Waals surface area contributed by atoms with Crippen molar-refractivity contribution in [1.82, 2.24) is 9.55 Å². The van der Waals surface area contributed by atoms with E-state index in [1.54, 1.807) is 10.6 Å². The van der Waals surface area contributed by atoms with Crippen LogP contribution in [0, 0.1) is 12.4 Å². The molecule has 0 atom stereocenters. The van der Waals surface area contributed by atoms with E-state index in [0.717, 1.165) is 5.56 Å². The maximum absolute atomic E-state index is 13.1. The molecule has 0 amide bonds. The van der Waals surface area contributed by atoms with Crippen LogP contribution in [-0.2, 0) is 6.54 Å². The lowest BCUT2D eigenvalue weighted by atomic mass is 10.2. The number of nitrogens with zero attached hydrogens (tertiary/aromatic N) is 3. The lowest BCUT2D eigenvalue weighted by molar-refractivity contribution is 0.111. The summed E-state index contributed by atoms with van der Waals surface area (Å²) in [5.41, 5.74) is 1.17. The first-order chi connectivity index (χ1) is 8.24. The maximum atomic E-state index is 13.1. The summed E-state index contributed by atoms with van der Waals surface area (Å²) < 4.78 is 14.7. The lowest BCUT2D eigenvalue weighted by Crippen LogP contribution is -2.02. The van der Waals surface area contributed by atoms with Crippen molar-refractivity contribution in [3.63, 3.8) is 0 Å². The summed E-state index contributed by atoms with van der Waals surface area (Å²) in [6, 6.07) is 4.30. The molecule has 0 aliphatic rings. The van der Waals surface area contributed by atoms with Gasteiger partial charge in [-0.1, -0.05) is 6.07 Å². The summed E-state index contributed by atoms with van der Waals surface area (Å²) in [7, 11) is 0. The van der Waals surface area contributed by atoms with E-state index in [2.05, 4.69) is 9.83 Å². The summed E-state index contributed by atoms with van der Waals surface area (Å²) >= 11 is 0. The SMILES string of the molecule is [C-]#[N+]c1cc(Cn2cncc2C=O)ccc1F. The fourth-order valence-electron chi connectivity index (χ4n) is 1.50. The van der Waals surface area contributed by atoms with Crippen LogP contribution in [0.3, 0.4) is 0 Å². The fraction of sp³-hybridized carbons (Fsp3) is 0.0833. The zero-order chi connectivity index (χ0) is 12.3. The molecule has 0 unspecified atom stereocenters. The van der Waals surface area contributed by atoms with Gasteiger partial charge in [0, 0.05) is 6.54 Å². The Balaban J connectivity index is 2.31. The molecule has 0 radical (unpaired) electrons. The highest BCUT2D eigenvalue weighted by molar-refractivity contribution is 5.71. The first-order valence-corrected chi connectivity index (χ1v) is 4.86. The first-order valence-electron chi connectivity index (χ1n) is 4.86. The fourth-order valence-corrected chi connectivity index (χ4v) is 1.50. The van der Waals surface area contributed by atoms with Gasteiger partial charge in [0.2, 0.25) is 5.69 Å². The molecule has 0 N–H and O–H groups in total. The Hall–Kier alpha value is -2.48.